The molecular formula is C18H18N2O. The van der Waals surface area contributed by atoms with Crippen molar-refractivity contribution in [3.05, 3.63) is 70.8 Å². The van der Waals surface area contributed by atoms with Crippen molar-refractivity contribution in [1.82, 2.24) is 5.43 Å². The van der Waals surface area contributed by atoms with Gasteiger partial charge in [-0.15, -0.1) is 0 Å². The fourth-order valence-electron chi connectivity index (χ4n) is 2.53. The van der Waals surface area contributed by atoms with Gasteiger partial charge in [0, 0.05) is 6.42 Å². The first-order valence-corrected chi connectivity index (χ1v) is 7.13. The zero-order chi connectivity index (χ0) is 14.8. The Labute approximate surface area is 124 Å². The van der Waals surface area contributed by atoms with Crippen LogP contribution in [0.3, 0.4) is 0 Å². The quantitative estimate of drug-likeness (QED) is 0.899. The third kappa shape index (κ3) is 2.87. The number of hydrogen-bond donors (Lipinski definition) is 1. The van der Waals surface area contributed by atoms with Crippen molar-refractivity contribution in [2.75, 3.05) is 0 Å². The number of aryl methyl sites for hydroxylation is 2. The number of nitrogens with one attached hydrogen (secondary N) is 1. The van der Waals surface area contributed by atoms with Gasteiger partial charge in [-0.3, -0.25) is 4.79 Å². The second-order valence-electron chi connectivity index (χ2n) is 5.57. The van der Waals surface area contributed by atoms with Crippen LogP contribution in [0.1, 0.15) is 34.6 Å². The Morgan fingerprint density at radius 2 is 1.52 bits per heavy atom. The number of carbonyl (C=O) groups is 1. The Kier molecular flexibility index (Phi) is 3.57. The molecule has 3 rings (SSSR count). The molecule has 1 heterocycles. The largest absolute Gasteiger partial charge is 0.272 e. The number of carbonyl (C=O) groups excluding carboxylic acids is 1. The molecule has 3 nitrogen and oxygen atoms in total. The fraction of sp³-hybridized carbons (Fsp3) is 0.222. The van der Waals surface area contributed by atoms with E-state index in [0.717, 1.165) is 16.8 Å². The van der Waals surface area contributed by atoms with Gasteiger partial charge >= 0.3 is 0 Å². The number of hydrogen-bond acceptors (Lipinski definition) is 2. The molecule has 1 N–H and O–H groups in total. The molecule has 1 unspecified atom stereocenters. The molecule has 1 aliphatic rings. The molecule has 0 aromatic heterocycles. The van der Waals surface area contributed by atoms with Crippen molar-refractivity contribution >= 4 is 11.6 Å². The third-order valence-electron chi connectivity index (χ3n) is 3.88. The summed E-state index contributed by atoms with van der Waals surface area (Å²) in [4.78, 5) is 12.1. The average molecular weight is 278 g/mol. The molecule has 0 saturated heterocycles. The first-order chi connectivity index (χ1) is 10.1. The Morgan fingerprint density at radius 3 is 2.14 bits per heavy atom. The second kappa shape index (κ2) is 5.52. The minimum absolute atomic E-state index is 0.0327. The van der Waals surface area contributed by atoms with Crippen LogP contribution in [-0.2, 0) is 4.79 Å². The summed E-state index contributed by atoms with van der Waals surface area (Å²) in [6.45, 7) is 4.10. The van der Waals surface area contributed by atoms with Crippen LogP contribution >= 0.6 is 0 Å². The standard InChI is InChI=1S/C18H18N2O/c1-12-3-7-14(8-4-12)16-11-17(19-20-18(16)21)15-9-5-13(2)6-10-15/h3-10,16H,11H2,1-2H3,(H,20,21). The molecule has 2 aromatic carbocycles. The Bertz CT molecular complexity index is 684. The van der Waals surface area contributed by atoms with Crippen LogP contribution in [0.4, 0.5) is 0 Å². The number of nitrogens with zero attached hydrogens (tertiary/aromatic N) is 1. The lowest BCUT2D eigenvalue weighted by Gasteiger charge is -2.22. The van der Waals surface area contributed by atoms with Gasteiger partial charge in [0.05, 0.1) is 11.6 Å². The van der Waals surface area contributed by atoms with E-state index in [1.165, 1.54) is 11.1 Å². The molecule has 0 radical (unpaired) electrons. The topological polar surface area (TPSA) is 41.5 Å². The van der Waals surface area contributed by atoms with Crippen LogP contribution in [0, 0.1) is 13.8 Å². The Morgan fingerprint density at radius 1 is 0.952 bits per heavy atom. The monoisotopic (exact) mass is 278 g/mol. The van der Waals surface area contributed by atoms with E-state index in [0.29, 0.717) is 6.42 Å². The summed E-state index contributed by atoms with van der Waals surface area (Å²) >= 11 is 0. The van der Waals surface area contributed by atoms with Gasteiger partial charge in [-0.1, -0.05) is 59.7 Å². The molecule has 0 saturated carbocycles. The van der Waals surface area contributed by atoms with Crippen molar-refractivity contribution in [2.24, 2.45) is 5.10 Å². The molecule has 0 bridgehead atoms. The van der Waals surface area contributed by atoms with Crippen molar-refractivity contribution in [1.29, 1.82) is 0 Å². The highest BCUT2D eigenvalue weighted by Crippen LogP contribution is 2.25. The SMILES string of the molecule is Cc1ccc(C2=NNC(=O)C(c3ccc(C)cc3)C2)cc1. The van der Waals surface area contributed by atoms with Gasteiger partial charge in [0.1, 0.15) is 0 Å². The maximum absolute atomic E-state index is 12.1. The lowest BCUT2D eigenvalue weighted by Crippen LogP contribution is -2.33. The fourth-order valence-corrected chi connectivity index (χ4v) is 2.53. The van der Waals surface area contributed by atoms with Crippen molar-refractivity contribution in [3.8, 4) is 0 Å². The van der Waals surface area contributed by atoms with E-state index in [1.807, 2.05) is 31.2 Å². The van der Waals surface area contributed by atoms with Gasteiger partial charge in [-0.2, -0.15) is 5.10 Å². The predicted molar refractivity (Wildman–Crippen MR) is 84.4 cm³/mol. The van der Waals surface area contributed by atoms with Crippen molar-refractivity contribution in [3.63, 3.8) is 0 Å². The smallest absolute Gasteiger partial charge is 0.248 e. The average Bonchev–Trinajstić information content (AvgIpc) is 2.50. The first-order valence-electron chi connectivity index (χ1n) is 7.13. The number of rotatable bonds is 2. The molecular weight excluding hydrogens is 260 g/mol. The molecule has 1 aliphatic heterocycles. The summed E-state index contributed by atoms with van der Waals surface area (Å²) in [5, 5.41) is 4.22. The van der Waals surface area contributed by atoms with Gasteiger partial charge in [0.25, 0.3) is 0 Å². The summed E-state index contributed by atoms with van der Waals surface area (Å²) < 4.78 is 0. The van der Waals surface area contributed by atoms with E-state index >= 15 is 0 Å². The van der Waals surface area contributed by atoms with Crippen LogP contribution in [-0.4, -0.2) is 11.6 Å². The minimum Gasteiger partial charge on any atom is -0.272 e. The van der Waals surface area contributed by atoms with Gasteiger partial charge in [0.2, 0.25) is 5.91 Å². The molecule has 1 amide bonds. The summed E-state index contributed by atoms with van der Waals surface area (Å²) in [6.07, 6.45) is 0.637. The van der Waals surface area contributed by atoms with Crippen LogP contribution in [0.2, 0.25) is 0 Å². The van der Waals surface area contributed by atoms with Gasteiger partial charge in [-0.25, -0.2) is 5.43 Å². The van der Waals surface area contributed by atoms with Crippen LogP contribution < -0.4 is 5.43 Å². The molecule has 2 aromatic rings. The number of amides is 1. The Balaban J connectivity index is 1.88. The molecule has 3 heteroatoms. The van der Waals surface area contributed by atoms with E-state index in [1.54, 1.807) is 0 Å². The van der Waals surface area contributed by atoms with Crippen LogP contribution in [0.25, 0.3) is 0 Å². The lowest BCUT2D eigenvalue weighted by molar-refractivity contribution is -0.122. The second-order valence-corrected chi connectivity index (χ2v) is 5.57. The van der Waals surface area contributed by atoms with Crippen molar-refractivity contribution < 1.29 is 4.79 Å². The zero-order valence-electron chi connectivity index (χ0n) is 12.3. The summed E-state index contributed by atoms with van der Waals surface area (Å²) in [5.41, 5.74) is 8.11. The first kappa shape index (κ1) is 13.6. The molecule has 1 atom stereocenters. The van der Waals surface area contributed by atoms with Crippen LogP contribution in [0.15, 0.2) is 53.6 Å². The van der Waals surface area contributed by atoms with E-state index in [-0.39, 0.29) is 11.8 Å². The highest BCUT2D eigenvalue weighted by molar-refractivity contribution is 6.06. The highest BCUT2D eigenvalue weighted by atomic mass is 16.2. The molecule has 106 valence electrons. The molecule has 0 fully saturated rings. The molecule has 21 heavy (non-hydrogen) atoms. The van der Waals surface area contributed by atoms with E-state index < -0.39 is 0 Å². The van der Waals surface area contributed by atoms with Crippen LogP contribution in [0.5, 0.6) is 0 Å². The number of benzene rings is 2. The van der Waals surface area contributed by atoms with Crippen molar-refractivity contribution in [2.45, 2.75) is 26.2 Å². The zero-order valence-corrected chi connectivity index (χ0v) is 12.3. The highest BCUT2D eigenvalue weighted by Gasteiger charge is 2.26. The Hall–Kier alpha value is -2.42. The minimum atomic E-state index is -0.167. The third-order valence-corrected chi connectivity index (χ3v) is 3.88. The van der Waals surface area contributed by atoms with E-state index in [2.05, 4.69) is 41.7 Å². The predicted octanol–water partition coefficient (Wildman–Crippen LogP) is 3.31. The number of hydrazone groups is 1. The maximum Gasteiger partial charge on any atom is 0.248 e. The van der Waals surface area contributed by atoms with Gasteiger partial charge in [0.15, 0.2) is 0 Å². The molecule has 0 spiro atoms. The summed E-state index contributed by atoms with van der Waals surface area (Å²) in [6, 6.07) is 16.4. The van der Waals surface area contributed by atoms with Gasteiger partial charge < -0.3 is 0 Å². The van der Waals surface area contributed by atoms with E-state index in [9.17, 15) is 4.79 Å². The maximum atomic E-state index is 12.1. The normalized spacial score (nSPS) is 18.1. The summed E-state index contributed by atoms with van der Waals surface area (Å²) in [5.74, 6) is -0.200. The van der Waals surface area contributed by atoms with Gasteiger partial charge in [-0.05, 0) is 25.0 Å². The summed E-state index contributed by atoms with van der Waals surface area (Å²) in [7, 11) is 0. The lowest BCUT2D eigenvalue weighted by atomic mass is 9.89. The van der Waals surface area contributed by atoms with E-state index in [4.69, 9.17) is 0 Å². The molecule has 0 aliphatic carbocycles.